The number of hydrogen-bond donors (Lipinski definition) is 2. The second kappa shape index (κ2) is 4.22. The second-order valence-corrected chi connectivity index (χ2v) is 5.30. The first-order chi connectivity index (χ1) is 7.84. The monoisotopic (exact) mass is 278 g/mol. The number of rotatable bonds is 1. The van der Waals surface area contributed by atoms with E-state index in [1.165, 1.54) is 33.9 Å². The molecular formula is C13H15BrN2. The van der Waals surface area contributed by atoms with Crippen molar-refractivity contribution in [1.82, 2.24) is 10.3 Å². The molecular weight excluding hydrogens is 264 g/mol. The third-order valence-corrected chi connectivity index (χ3v) is 4.10. The predicted molar refractivity (Wildman–Crippen MR) is 70.8 cm³/mol. The molecule has 1 aliphatic rings. The number of benzene rings is 1. The van der Waals surface area contributed by atoms with Gasteiger partial charge in [0.25, 0.3) is 0 Å². The summed E-state index contributed by atoms with van der Waals surface area (Å²) in [5.74, 6) is 0.695. The third kappa shape index (κ3) is 1.78. The zero-order valence-corrected chi connectivity index (χ0v) is 10.7. The molecule has 0 aliphatic carbocycles. The van der Waals surface area contributed by atoms with Gasteiger partial charge < -0.3 is 10.3 Å². The molecule has 16 heavy (non-hydrogen) atoms. The summed E-state index contributed by atoms with van der Waals surface area (Å²) in [6.45, 7) is 2.28. The van der Waals surface area contributed by atoms with Crippen LogP contribution in [0.15, 0.2) is 28.7 Å². The highest BCUT2D eigenvalue weighted by atomic mass is 79.9. The molecule has 0 amide bonds. The van der Waals surface area contributed by atoms with Gasteiger partial charge in [0.15, 0.2) is 0 Å². The summed E-state index contributed by atoms with van der Waals surface area (Å²) in [5.41, 5.74) is 2.63. The summed E-state index contributed by atoms with van der Waals surface area (Å²) in [6, 6.07) is 8.62. The first kappa shape index (κ1) is 10.4. The van der Waals surface area contributed by atoms with E-state index in [1.54, 1.807) is 0 Å². The summed E-state index contributed by atoms with van der Waals surface area (Å²) in [7, 11) is 0. The van der Waals surface area contributed by atoms with Gasteiger partial charge in [-0.25, -0.2) is 0 Å². The highest BCUT2D eigenvalue weighted by Crippen LogP contribution is 2.30. The minimum absolute atomic E-state index is 0.695. The zero-order chi connectivity index (χ0) is 11.0. The van der Waals surface area contributed by atoms with Crippen molar-refractivity contribution >= 4 is 26.8 Å². The molecule has 2 heterocycles. The average Bonchev–Trinajstić information content (AvgIpc) is 2.76. The van der Waals surface area contributed by atoms with E-state index in [9.17, 15) is 0 Å². The van der Waals surface area contributed by atoms with Gasteiger partial charge in [-0.1, -0.05) is 22.0 Å². The van der Waals surface area contributed by atoms with E-state index in [-0.39, 0.29) is 0 Å². The van der Waals surface area contributed by atoms with Crippen molar-refractivity contribution in [3.8, 4) is 0 Å². The van der Waals surface area contributed by atoms with Crippen molar-refractivity contribution in [2.24, 2.45) is 0 Å². The fourth-order valence-electron chi connectivity index (χ4n) is 2.49. The number of H-pyrrole nitrogens is 1. The molecule has 1 aromatic heterocycles. The molecule has 2 N–H and O–H groups in total. The Bertz CT molecular complexity index is 498. The highest BCUT2D eigenvalue weighted by Gasteiger charge is 2.17. The van der Waals surface area contributed by atoms with E-state index in [2.05, 4.69) is 50.5 Å². The molecule has 1 aliphatic heterocycles. The molecule has 0 bridgehead atoms. The molecule has 0 atom stereocenters. The quantitative estimate of drug-likeness (QED) is 0.822. The van der Waals surface area contributed by atoms with Crippen molar-refractivity contribution < 1.29 is 0 Å². The van der Waals surface area contributed by atoms with Gasteiger partial charge in [0.1, 0.15) is 0 Å². The average molecular weight is 279 g/mol. The molecule has 3 heteroatoms. The van der Waals surface area contributed by atoms with Gasteiger partial charge in [-0.2, -0.15) is 0 Å². The summed E-state index contributed by atoms with van der Waals surface area (Å²) < 4.78 is 1.18. The fraction of sp³-hybridized carbons (Fsp3) is 0.385. The van der Waals surface area contributed by atoms with Gasteiger partial charge in [-0.15, -0.1) is 0 Å². The maximum Gasteiger partial charge on any atom is 0.0467 e. The number of hydrogen-bond acceptors (Lipinski definition) is 1. The largest absolute Gasteiger partial charge is 0.358 e. The van der Waals surface area contributed by atoms with Gasteiger partial charge in [-0.3, -0.25) is 0 Å². The Morgan fingerprint density at radius 3 is 2.75 bits per heavy atom. The van der Waals surface area contributed by atoms with Gasteiger partial charge in [0, 0.05) is 27.0 Å². The van der Waals surface area contributed by atoms with Crippen molar-refractivity contribution in [2.45, 2.75) is 18.8 Å². The molecule has 0 radical (unpaired) electrons. The highest BCUT2D eigenvalue weighted by molar-refractivity contribution is 9.10. The van der Waals surface area contributed by atoms with Crippen molar-refractivity contribution in [1.29, 1.82) is 0 Å². The van der Waals surface area contributed by atoms with Crippen LogP contribution in [0.5, 0.6) is 0 Å². The zero-order valence-electron chi connectivity index (χ0n) is 9.09. The number of aromatic amines is 1. The van der Waals surface area contributed by atoms with Crippen LogP contribution >= 0.6 is 15.9 Å². The van der Waals surface area contributed by atoms with Gasteiger partial charge >= 0.3 is 0 Å². The summed E-state index contributed by atoms with van der Waals surface area (Å²) in [5, 5.41) is 4.71. The summed E-state index contributed by atoms with van der Waals surface area (Å²) in [4.78, 5) is 3.55. The SMILES string of the molecule is Brc1cccc2[nH]c(C3CCNCC3)cc12. The molecule has 1 aromatic carbocycles. The van der Waals surface area contributed by atoms with E-state index in [0.29, 0.717) is 5.92 Å². The van der Waals surface area contributed by atoms with Crippen LogP contribution in [0.4, 0.5) is 0 Å². The first-order valence-corrected chi connectivity index (χ1v) is 6.62. The minimum Gasteiger partial charge on any atom is -0.358 e. The Balaban J connectivity index is 2.01. The maximum absolute atomic E-state index is 3.60. The smallest absolute Gasteiger partial charge is 0.0467 e. The molecule has 2 nitrogen and oxygen atoms in total. The lowest BCUT2D eigenvalue weighted by Gasteiger charge is -2.21. The van der Waals surface area contributed by atoms with Gasteiger partial charge in [-0.05, 0) is 44.1 Å². The number of aromatic nitrogens is 1. The molecule has 0 spiro atoms. The molecule has 3 rings (SSSR count). The van der Waals surface area contributed by atoms with Crippen LogP contribution in [0.25, 0.3) is 10.9 Å². The van der Waals surface area contributed by atoms with E-state index >= 15 is 0 Å². The third-order valence-electron chi connectivity index (χ3n) is 3.41. The normalized spacial score (nSPS) is 18.1. The molecule has 0 saturated carbocycles. The Morgan fingerprint density at radius 2 is 2.00 bits per heavy atom. The van der Waals surface area contributed by atoms with Gasteiger partial charge in [0.05, 0.1) is 0 Å². The number of halogens is 1. The van der Waals surface area contributed by atoms with Crippen LogP contribution in [-0.4, -0.2) is 18.1 Å². The standard InChI is InChI=1S/C13H15BrN2/c14-11-2-1-3-12-10(11)8-13(16-12)9-4-6-15-7-5-9/h1-3,8-9,15-16H,4-7H2. The van der Waals surface area contributed by atoms with Crippen LogP contribution < -0.4 is 5.32 Å². The Hall–Kier alpha value is -0.800. The molecule has 84 valence electrons. The summed E-state index contributed by atoms with van der Waals surface area (Å²) >= 11 is 3.60. The number of nitrogens with one attached hydrogen (secondary N) is 2. The first-order valence-electron chi connectivity index (χ1n) is 5.82. The number of fused-ring (bicyclic) bond motifs is 1. The van der Waals surface area contributed by atoms with Crippen molar-refractivity contribution in [3.63, 3.8) is 0 Å². The van der Waals surface area contributed by atoms with Crippen molar-refractivity contribution in [3.05, 3.63) is 34.4 Å². The van der Waals surface area contributed by atoms with Crippen LogP contribution in [-0.2, 0) is 0 Å². The van der Waals surface area contributed by atoms with E-state index in [1.807, 2.05) is 0 Å². The molecule has 1 fully saturated rings. The summed E-state index contributed by atoms with van der Waals surface area (Å²) in [6.07, 6.45) is 2.48. The molecule has 2 aromatic rings. The Morgan fingerprint density at radius 1 is 1.19 bits per heavy atom. The Kier molecular flexibility index (Phi) is 2.74. The maximum atomic E-state index is 3.60. The van der Waals surface area contributed by atoms with Crippen LogP contribution in [0, 0.1) is 0 Å². The minimum atomic E-state index is 0.695. The topological polar surface area (TPSA) is 27.8 Å². The lowest BCUT2D eigenvalue weighted by Crippen LogP contribution is -2.26. The fourth-order valence-corrected chi connectivity index (χ4v) is 2.97. The molecule has 1 saturated heterocycles. The van der Waals surface area contributed by atoms with Gasteiger partial charge in [0.2, 0.25) is 0 Å². The predicted octanol–water partition coefficient (Wildman–Crippen LogP) is 3.40. The van der Waals surface area contributed by atoms with Crippen LogP contribution in [0.1, 0.15) is 24.5 Å². The van der Waals surface area contributed by atoms with E-state index in [4.69, 9.17) is 0 Å². The van der Waals surface area contributed by atoms with Crippen LogP contribution in [0.2, 0.25) is 0 Å². The van der Waals surface area contributed by atoms with Crippen molar-refractivity contribution in [2.75, 3.05) is 13.1 Å². The lowest BCUT2D eigenvalue weighted by atomic mass is 9.95. The van der Waals surface area contributed by atoms with E-state index < -0.39 is 0 Å². The van der Waals surface area contributed by atoms with Crippen LogP contribution in [0.3, 0.4) is 0 Å². The lowest BCUT2D eigenvalue weighted by molar-refractivity contribution is 0.455. The molecule has 0 unspecified atom stereocenters. The second-order valence-electron chi connectivity index (χ2n) is 4.45. The number of piperidine rings is 1. The Labute approximate surface area is 104 Å². The van der Waals surface area contributed by atoms with E-state index in [0.717, 1.165) is 13.1 Å².